The van der Waals surface area contributed by atoms with Crippen LogP contribution in [0.15, 0.2) is 57.2 Å². The van der Waals surface area contributed by atoms with Gasteiger partial charge in [-0.25, -0.2) is 0 Å². The van der Waals surface area contributed by atoms with Gasteiger partial charge in [-0.2, -0.15) is 0 Å². The zero-order valence-corrected chi connectivity index (χ0v) is 22.4. The molecule has 0 fully saturated rings. The number of hydrogen-bond donors (Lipinski definition) is 1. The third kappa shape index (κ3) is 9.80. The van der Waals surface area contributed by atoms with E-state index in [1.165, 1.54) is 16.7 Å². The third-order valence-electron chi connectivity index (χ3n) is 7.02. The molecular formula is C30H46O3. The van der Waals surface area contributed by atoms with Crippen molar-refractivity contribution >= 4 is 11.6 Å². The van der Waals surface area contributed by atoms with Gasteiger partial charge in [0.1, 0.15) is 0 Å². The maximum atomic E-state index is 12.6. The largest absolute Gasteiger partial charge is 0.390 e. The van der Waals surface area contributed by atoms with Gasteiger partial charge in [-0.05, 0) is 106 Å². The van der Waals surface area contributed by atoms with Crippen molar-refractivity contribution in [2.45, 2.75) is 119 Å². The normalized spacial score (nSPS) is 18.4. The van der Waals surface area contributed by atoms with Crippen LogP contribution >= 0.6 is 0 Å². The van der Waals surface area contributed by atoms with Crippen molar-refractivity contribution in [2.24, 2.45) is 0 Å². The molecule has 0 heterocycles. The number of carbonyl (C=O) groups excluding carboxylic acids is 2. The molecule has 33 heavy (non-hydrogen) atoms. The summed E-state index contributed by atoms with van der Waals surface area (Å²) >= 11 is 0. The molecule has 1 aliphatic carbocycles. The fourth-order valence-corrected chi connectivity index (χ4v) is 4.05. The second-order valence-electron chi connectivity index (χ2n) is 10.1. The van der Waals surface area contributed by atoms with Crippen molar-refractivity contribution in [1.82, 2.24) is 0 Å². The van der Waals surface area contributed by atoms with E-state index < -0.39 is 5.60 Å². The molecule has 184 valence electrons. The Labute approximate surface area is 202 Å². The minimum atomic E-state index is -0.863. The summed E-state index contributed by atoms with van der Waals surface area (Å²) in [4.78, 5) is 24.9. The predicted octanol–water partition coefficient (Wildman–Crippen LogP) is 7.91. The molecule has 3 heteroatoms. The van der Waals surface area contributed by atoms with Gasteiger partial charge in [-0.3, -0.25) is 9.59 Å². The predicted molar refractivity (Wildman–Crippen MR) is 140 cm³/mol. The Morgan fingerprint density at radius 2 is 1.24 bits per heavy atom. The molecule has 0 aromatic rings. The van der Waals surface area contributed by atoms with Crippen LogP contribution in [0.5, 0.6) is 0 Å². The molecule has 0 amide bonds. The van der Waals surface area contributed by atoms with E-state index in [0.717, 1.165) is 38.5 Å². The molecule has 0 aliphatic heterocycles. The van der Waals surface area contributed by atoms with E-state index in [4.69, 9.17) is 0 Å². The lowest BCUT2D eigenvalue weighted by Crippen LogP contribution is -2.26. The van der Waals surface area contributed by atoms with Crippen molar-refractivity contribution in [1.29, 1.82) is 0 Å². The molecule has 1 aliphatic rings. The Kier molecular flexibility index (Phi) is 12.0. The molecule has 0 aromatic heterocycles. The molecule has 3 nitrogen and oxygen atoms in total. The molecule has 0 bridgehead atoms. The Morgan fingerprint density at radius 1 is 0.758 bits per heavy atom. The third-order valence-corrected chi connectivity index (χ3v) is 7.02. The Hall–Kier alpha value is -2.00. The van der Waals surface area contributed by atoms with E-state index in [-0.39, 0.29) is 11.6 Å². The first-order chi connectivity index (χ1) is 15.4. The summed E-state index contributed by atoms with van der Waals surface area (Å²) in [5, 5.41) is 10.8. The van der Waals surface area contributed by atoms with Crippen LogP contribution in [0.2, 0.25) is 0 Å². The Bertz CT molecular complexity index is 872. The zero-order valence-electron chi connectivity index (χ0n) is 22.4. The molecule has 1 atom stereocenters. The van der Waals surface area contributed by atoms with Gasteiger partial charge in [0.15, 0.2) is 11.6 Å². The second-order valence-corrected chi connectivity index (χ2v) is 10.1. The van der Waals surface area contributed by atoms with Crippen LogP contribution < -0.4 is 0 Å². The van der Waals surface area contributed by atoms with E-state index in [9.17, 15) is 14.7 Å². The molecule has 0 aromatic carbocycles. The van der Waals surface area contributed by atoms with Crippen LogP contribution in [0.1, 0.15) is 113 Å². The molecule has 0 spiro atoms. The topological polar surface area (TPSA) is 54.4 Å². The lowest BCUT2D eigenvalue weighted by atomic mass is 9.82. The summed E-state index contributed by atoms with van der Waals surface area (Å²) in [6.07, 6.45) is 14.8. The summed E-state index contributed by atoms with van der Waals surface area (Å²) in [6, 6.07) is 0. The van der Waals surface area contributed by atoms with Crippen LogP contribution in [-0.2, 0) is 9.59 Å². The van der Waals surface area contributed by atoms with Crippen LogP contribution in [0.25, 0.3) is 0 Å². The first-order valence-corrected chi connectivity index (χ1v) is 12.6. The van der Waals surface area contributed by atoms with Crippen LogP contribution in [0.4, 0.5) is 0 Å². The number of hydrogen-bond acceptors (Lipinski definition) is 3. The lowest BCUT2D eigenvalue weighted by molar-refractivity contribution is -0.116. The minimum absolute atomic E-state index is 0.0443. The number of allylic oxidation sites excluding steroid dienone is 10. The van der Waals surface area contributed by atoms with Gasteiger partial charge in [0, 0.05) is 22.3 Å². The van der Waals surface area contributed by atoms with E-state index in [1.807, 2.05) is 6.92 Å². The maximum absolute atomic E-state index is 12.6. The van der Waals surface area contributed by atoms with Gasteiger partial charge in [0.2, 0.25) is 0 Å². The highest BCUT2D eigenvalue weighted by molar-refractivity contribution is 6.24. The number of ketones is 2. The van der Waals surface area contributed by atoms with Gasteiger partial charge in [-0.15, -0.1) is 0 Å². The van der Waals surface area contributed by atoms with Gasteiger partial charge >= 0.3 is 0 Å². The summed E-state index contributed by atoms with van der Waals surface area (Å²) in [5.74, 6) is -0.0897. The number of aliphatic hydroxyl groups is 1. The molecule has 0 saturated carbocycles. The highest BCUT2D eigenvalue weighted by atomic mass is 16.3. The summed E-state index contributed by atoms with van der Waals surface area (Å²) in [7, 11) is 0. The summed E-state index contributed by atoms with van der Waals surface area (Å²) in [6.45, 7) is 15.7. The standard InChI is InChI=1S/C30H46O3/c1-9-21(2)13-10-14-22(3)15-11-16-23(4)17-12-19-30(8,33)20-18-27-26(7)28(31)24(5)25(6)29(27)32/h13,15,17,33H,9-12,14,16,18-20H2,1-8H3/b21-13+,22-15+,23-17+/t30-/m1/s1. The Balaban J connectivity index is 2.47. The summed E-state index contributed by atoms with van der Waals surface area (Å²) < 4.78 is 0. The van der Waals surface area contributed by atoms with Crippen molar-refractivity contribution < 1.29 is 14.7 Å². The lowest BCUT2D eigenvalue weighted by Gasteiger charge is -2.25. The van der Waals surface area contributed by atoms with Gasteiger partial charge in [-0.1, -0.05) is 41.9 Å². The summed E-state index contributed by atoms with van der Waals surface area (Å²) in [5.41, 5.74) is 5.58. The van der Waals surface area contributed by atoms with Crippen molar-refractivity contribution in [2.75, 3.05) is 0 Å². The number of carbonyl (C=O) groups is 2. The fourth-order valence-electron chi connectivity index (χ4n) is 4.05. The minimum Gasteiger partial charge on any atom is -0.390 e. The van der Waals surface area contributed by atoms with Crippen molar-refractivity contribution in [3.63, 3.8) is 0 Å². The number of rotatable bonds is 13. The fraction of sp³-hybridized carbons (Fsp3) is 0.600. The average Bonchev–Trinajstić information content (AvgIpc) is 2.76. The quantitative estimate of drug-likeness (QED) is 0.227. The maximum Gasteiger partial charge on any atom is 0.185 e. The van der Waals surface area contributed by atoms with Crippen molar-refractivity contribution in [3.8, 4) is 0 Å². The highest BCUT2D eigenvalue weighted by Gasteiger charge is 2.29. The van der Waals surface area contributed by atoms with Gasteiger partial charge in [0.25, 0.3) is 0 Å². The van der Waals surface area contributed by atoms with Crippen LogP contribution in [0, 0.1) is 0 Å². The van der Waals surface area contributed by atoms with E-state index in [1.54, 1.807) is 20.8 Å². The smallest absolute Gasteiger partial charge is 0.185 e. The van der Waals surface area contributed by atoms with Crippen LogP contribution in [0.3, 0.4) is 0 Å². The zero-order chi connectivity index (χ0) is 25.2. The van der Waals surface area contributed by atoms with Crippen molar-refractivity contribution in [3.05, 3.63) is 57.2 Å². The number of Topliss-reactive ketones (excluding diaryl/α,β-unsaturated/α-hetero) is 2. The van der Waals surface area contributed by atoms with Gasteiger partial charge < -0.3 is 5.11 Å². The molecule has 0 saturated heterocycles. The SMILES string of the molecule is CC/C(C)=C/CC/C(C)=C/CC/C(C)=C/CC[C@@](C)(O)CCC1=C(C)C(=O)C(C)=C(C)C1=O. The second kappa shape index (κ2) is 13.6. The van der Waals surface area contributed by atoms with Crippen LogP contribution in [-0.4, -0.2) is 22.3 Å². The first-order valence-electron chi connectivity index (χ1n) is 12.6. The first kappa shape index (κ1) is 29.0. The molecular weight excluding hydrogens is 408 g/mol. The molecule has 0 radical (unpaired) electrons. The Morgan fingerprint density at radius 3 is 1.79 bits per heavy atom. The van der Waals surface area contributed by atoms with Gasteiger partial charge in [0.05, 0.1) is 5.60 Å². The molecule has 1 rings (SSSR count). The monoisotopic (exact) mass is 454 g/mol. The van der Waals surface area contributed by atoms with E-state index in [0.29, 0.717) is 41.6 Å². The van der Waals surface area contributed by atoms with E-state index in [2.05, 4.69) is 45.9 Å². The molecule has 0 unspecified atom stereocenters. The van der Waals surface area contributed by atoms with E-state index >= 15 is 0 Å². The average molecular weight is 455 g/mol. The molecule has 1 N–H and O–H groups in total. The highest BCUT2D eigenvalue weighted by Crippen LogP contribution is 2.30.